The molecule has 1 aromatic rings. The van der Waals surface area contributed by atoms with Gasteiger partial charge >= 0.3 is 0 Å². The lowest BCUT2D eigenvalue weighted by Gasteiger charge is -2.30. The zero-order chi connectivity index (χ0) is 13.7. The van der Waals surface area contributed by atoms with Gasteiger partial charge in [0.1, 0.15) is 0 Å². The van der Waals surface area contributed by atoms with Crippen molar-refractivity contribution in [2.24, 2.45) is 5.92 Å². The number of amides is 1. The minimum atomic E-state index is 0.322. The summed E-state index contributed by atoms with van der Waals surface area (Å²) < 4.78 is 0. The topological polar surface area (TPSA) is 46.3 Å². The molecule has 2 N–H and O–H groups in total. The fourth-order valence-electron chi connectivity index (χ4n) is 2.54. The smallest absolute Gasteiger partial charge is 0.222 e. The molecule has 1 amide bonds. The summed E-state index contributed by atoms with van der Waals surface area (Å²) in [5.74, 6) is 1.10. The first kappa shape index (κ1) is 13.9. The highest BCUT2D eigenvalue weighted by Gasteiger charge is 2.19. The lowest BCUT2D eigenvalue weighted by molar-refractivity contribution is -0.132. The van der Waals surface area contributed by atoms with E-state index in [0.717, 1.165) is 50.4 Å². The Kier molecular flexibility index (Phi) is 4.83. The van der Waals surface area contributed by atoms with Crippen LogP contribution in [0.4, 0.5) is 5.69 Å². The van der Waals surface area contributed by atoms with Crippen LogP contribution in [0.1, 0.15) is 38.2 Å². The van der Waals surface area contributed by atoms with Crippen LogP contribution < -0.4 is 5.73 Å². The molecule has 0 unspecified atom stereocenters. The Bertz CT molecular complexity index is 405. The SMILES string of the molecule is CC1CCN(C(=O)CCCc2ccc(N)cc2)CC1. The van der Waals surface area contributed by atoms with Crippen LogP contribution in [0.25, 0.3) is 0 Å². The summed E-state index contributed by atoms with van der Waals surface area (Å²) in [7, 11) is 0. The maximum Gasteiger partial charge on any atom is 0.222 e. The van der Waals surface area contributed by atoms with E-state index >= 15 is 0 Å². The number of carbonyl (C=O) groups is 1. The predicted octanol–water partition coefficient (Wildman–Crippen LogP) is 2.85. The van der Waals surface area contributed by atoms with E-state index in [9.17, 15) is 4.79 Å². The first-order valence-electron chi connectivity index (χ1n) is 7.27. The Morgan fingerprint density at radius 1 is 1.26 bits per heavy atom. The Balaban J connectivity index is 1.70. The predicted molar refractivity (Wildman–Crippen MR) is 78.8 cm³/mol. The second-order valence-corrected chi connectivity index (χ2v) is 5.66. The van der Waals surface area contributed by atoms with Crippen molar-refractivity contribution >= 4 is 11.6 Å². The molecule has 2 rings (SSSR count). The monoisotopic (exact) mass is 260 g/mol. The Hall–Kier alpha value is -1.51. The second-order valence-electron chi connectivity index (χ2n) is 5.66. The first-order valence-corrected chi connectivity index (χ1v) is 7.27. The van der Waals surface area contributed by atoms with Crippen LogP contribution in [0.2, 0.25) is 0 Å². The quantitative estimate of drug-likeness (QED) is 0.846. The van der Waals surface area contributed by atoms with Crippen molar-refractivity contribution < 1.29 is 4.79 Å². The summed E-state index contributed by atoms with van der Waals surface area (Å²) in [5.41, 5.74) is 7.70. The minimum absolute atomic E-state index is 0.322. The van der Waals surface area contributed by atoms with Crippen LogP contribution in [0.15, 0.2) is 24.3 Å². The molecule has 104 valence electrons. The highest BCUT2D eigenvalue weighted by Crippen LogP contribution is 2.17. The molecule has 1 aromatic carbocycles. The van der Waals surface area contributed by atoms with E-state index in [-0.39, 0.29) is 0 Å². The molecule has 0 aliphatic carbocycles. The molecule has 19 heavy (non-hydrogen) atoms. The van der Waals surface area contributed by atoms with E-state index in [1.165, 1.54) is 5.56 Å². The van der Waals surface area contributed by atoms with E-state index in [4.69, 9.17) is 5.73 Å². The highest BCUT2D eigenvalue weighted by molar-refractivity contribution is 5.76. The Morgan fingerprint density at radius 3 is 2.53 bits per heavy atom. The van der Waals surface area contributed by atoms with Gasteiger partial charge in [-0.1, -0.05) is 19.1 Å². The van der Waals surface area contributed by atoms with Gasteiger partial charge in [-0.3, -0.25) is 4.79 Å². The molecule has 3 heteroatoms. The molecule has 0 saturated carbocycles. The van der Waals surface area contributed by atoms with Crippen LogP contribution in [-0.4, -0.2) is 23.9 Å². The summed E-state index contributed by atoms with van der Waals surface area (Å²) in [4.78, 5) is 14.1. The number of hydrogen-bond acceptors (Lipinski definition) is 2. The molecule has 1 heterocycles. The molecule has 0 radical (unpaired) electrons. The van der Waals surface area contributed by atoms with Crippen LogP contribution in [0.5, 0.6) is 0 Å². The molecule has 1 fully saturated rings. The van der Waals surface area contributed by atoms with E-state index in [1.54, 1.807) is 0 Å². The van der Waals surface area contributed by atoms with Crippen LogP contribution in [0.3, 0.4) is 0 Å². The summed E-state index contributed by atoms with van der Waals surface area (Å²) in [6.45, 7) is 4.16. The summed E-state index contributed by atoms with van der Waals surface area (Å²) in [6.07, 6.45) is 4.86. The molecule has 1 saturated heterocycles. The normalized spacial score (nSPS) is 16.6. The number of nitrogens with zero attached hydrogens (tertiary/aromatic N) is 1. The van der Waals surface area contributed by atoms with E-state index in [0.29, 0.717) is 12.3 Å². The molecule has 0 atom stereocenters. The zero-order valence-electron chi connectivity index (χ0n) is 11.8. The molecule has 0 spiro atoms. The number of rotatable bonds is 4. The van der Waals surface area contributed by atoms with Gasteiger partial charge in [-0.05, 0) is 49.3 Å². The number of anilines is 1. The fourth-order valence-corrected chi connectivity index (χ4v) is 2.54. The molecular formula is C16H24N2O. The highest BCUT2D eigenvalue weighted by atomic mass is 16.2. The number of hydrogen-bond donors (Lipinski definition) is 1. The van der Waals surface area contributed by atoms with Gasteiger partial charge in [-0.2, -0.15) is 0 Å². The molecule has 3 nitrogen and oxygen atoms in total. The van der Waals surface area contributed by atoms with Crippen molar-refractivity contribution in [3.05, 3.63) is 29.8 Å². The number of nitrogen functional groups attached to an aromatic ring is 1. The maximum atomic E-state index is 12.1. The molecule has 0 aromatic heterocycles. The number of piperidine rings is 1. The van der Waals surface area contributed by atoms with Crippen molar-refractivity contribution in [1.29, 1.82) is 0 Å². The zero-order valence-corrected chi connectivity index (χ0v) is 11.8. The number of benzene rings is 1. The largest absolute Gasteiger partial charge is 0.399 e. The maximum absolute atomic E-state index is 12.1. The number of likely N-dealkylation sites (tertiary alicyclic amines) is 1. The van der Waals surface area contributed by atoms with Crippen molar-refractivity contribution in [1.82, 2.24) is 4.90 Å². The van der Waals surface area contributed by atoms with Crippen molar-refractivity contribution in [2.75, 3.05) is 18.8 Å². The average Bonchev–Trinajstić information content (AvgIpc) is 2.41. The van der Waals surface area contributed by atoms with E-state index in [1.807, 2.05) is 29.2 Å². The molecular weight excluding hydrogens is 236 g/mol. The first-order chi connectivity index (χ1) is 9.15. The fraction of sp³-hybridized carbons (Fsp3) is 0.562. The third-order valence-corrected chi connectivity index (χ3v) is 3.97. The van der Waals surface area contributed by atoms with E-state index in [2.05, 4.69) is 6.92 Å². The van der Waals surface area contributed by atoms with Gasteiger partial charge in [0.05, 0.1) is 0 Å². The van der Waals surface area contributed by atoms with Crippen LogP contribution in [0, 0.1) is 5.92 Å². The van der Waals surface area contributed by atoms with Gasteiger partial charge in [0.15, 0.2) is 0 Å². The lowest BCUT2D eigenvalue weighted by atomic mass is 9.98. The number of carbonyl (C=O) groups excluding carboxylic acids is 1. The van der Waals surface area contributed by atoms with Gasteiger partial charge < -0.3 is 10.6 Å². The Morgan fingerprint density at radius 2 is 1.89 bits per heavy atom. The summed E-state index contributed by atoms with van der Waals surface area (Å²) >= 11 is 0. The summed E-state index contributed by atoms with van der Waals surface area (Å²) in [6, 6.07) is 7.93. The third-order valence-electron chi connectivity index (χ3n) is 3.97. The number of aryl methyl sites for hydroxylation is 1. The molecule has 1 aliphatic rings. The minimum Gasteiger partial charge on any atom is -0.399 e. The molecule has 1 aliphatic heterocycles. The van der Waals surface area contributed by atoms with Crippen molar-refractivity contribution in [3.8, 4) is 0 Å². The van der Waals surface area contributed by atoms with E-state index < -0.39 is 0 Å². The van der Waals surface area contributed by atoms with Crippen LogP contribution >= 0.6 is 0 Å². The summed E-state index contributed by atoms with van der Waals surface area (Å²) in [5, 5.41) is 0. The average molecular weight is 260 g/mol. The van der Waals surface area contributed by atoms with Crippen molar-refractivity contribution in [2.45, 2.75) is 39.0 Å². The van der Waals surface area contributed by atoms with Crippen LogP contribution in [-0.2, 0) is 11.2 Å². The Labute approximate surface area is 115 Å². The standard InChI is InChI=1S/C16H24N2O/c1-13-9-11-18(12-10-13)16(19)4-2-3-14-5-7-15(17)8-6-14/h5-8,13H,2-4,9-12,17H2,1H3. The van der Waals surface area contributed by atoms with Gasteiger partial charge in [-0.25, -0.2) is 0 Å². The van der Waals surface area contributed by atoms with Gasteiger partial charge in [0, 0.05) is 25.2 Å². The van der Waals surface area contributed by atoms with Gasteiger partial charge in [0.2, 0.25) is 5.91 Å². The van der Waals surface area contributed by atoms with Gasteiger partial charge in [0.25, 0.3) is 0 Å². The number of nitrogens with two attached hydrogens (primary N) is 1. The lowest BCUT2D eigenvalue weighted by Crippen LogP contribution is -2.37. The van der Waals surface area contributed by atoms with Gasteiger partial charge in [-0.15, -0.1) is 0 Å². The third kappa shape index (κ3) is 4.27. The second kappa shape index (κ2) is 6.60. The molecule has 0 bridgehead atoms. The van der Waals surface area contributed by atoms with Crippen molar-refractivity contribution in [3.63, 3.8) is 0 Å².